The third-order valence-corrected chi connectivity index (χ3v) is 3.08. The van der Waals surface area contributed by atoms with Gasteiger partial charge in [-0.3, -0.25) is 4.99 Å². The van der Waals surface area contributed by atoms with Gasteiger partial charge in [0.1, 0.15) is 0 Å². The van der Waals surface area contributed by atoms with Gasteiger partial charge in [-0.25, -0.2) is 0 Å². The molecule has 23 heavy (non-hydrogen) atoms. The molecule has 0 heterocycles. The number of ether oxygens (including phenoxy) is 3. The maximum atomic E-state index is 5.31. The minimum Gasteiger partial charge on any atom is -0.493 e. The van der Waals surface area contributed by atoms with Gasteiger partial charge < -0.3 is 24.8 Å². The van der Waals surface area contributed by atoms with E-state index < -0.39 is 0 Å². The maximum absolute atomic E-state index is 5.31. The van der Waals surface area contributed by atoms with Crippen LogP contribution in [0.1, 0.15) is 19.8 Å². The van der Waals surface area contributed by atoms with Crippen molar-refractivity contribution in [3.63, 3.8) is 0 Å². The zero-order valence-electron chi connectivity index (χ0n) is 14.3. The highest BCUT2D eigenvalue weighted by Gasteiger charge is 2.06. The summed E-state index contributed by atoms with van der Waals surface area (Å²) < 4.78 is 15.8. The van der Waals surface area contributed by atoms with Crippen molar-refractivity contribution in [2.75, 3.05) is 46.3 Å². The monoisotopic (exact) mass is 437 g/mol. The molecule has 132 valence electrons. The van der Waals surface area contributed by atoms with Gasteiger partial charge in [0, 0.05) is 38.6 Å². The number of benzene rings is 1. The lowest BCUT2D eigenvalue weighted by molar-refractivity contribution is 0.143. The van der Waals surface area contributed by atoms with Gasteiger partial charge in [-0.1, -0.05) is 0 Å². The summed E-state index contributed by atoms with van der Waals surface area (Å²) in [6.45, 7) is 4.43. The molecule has 0 radical (unpaired) electrons. The Balaban J connectivity index is 0.00000484. The highest BCUT2D eigenvalue weighted by molar-refractivity contribution is 14.0. The number of methoxy groups -OCH3 is 2. The first kappa shape index (κ1) is 21.8. The Hall–Kier alpha value is -1.22. The van der Waals surface area contributed by atoms with Gasteiger partial charge >= 0.3 is 0 Å². The Labute approximate surface area is 156 Å². The summed E-state index contributed by atoms with van der Waals surface area (Å²) in [6, 6.07) is 5.65. The fraction of sp³-hybridized carbons (Fsp3) is 0.562. The van der Waals surface area contributed by atoms with Crippen LogP contribution in [-0.4, -0.2) is 47.0 Å². The standard InChI is InChI=1S/C16H27N3O3.HI/c1-5-22-11-7-6-10-18-16(17-2)19-13-8-9-14(20-3)15(12-13)21-4;/h8-9,12H,5-7,10-11H2,1-4H3,(H2,17,18,19);1H. The van der Waals surface area contributed by atoms with Crippen LogP contribution in [0.4, 0.5) is 5.69 Å². The van der Waals surface area contributed by atoms with E-state index in [-0.39, 0.29) is 24.0 Å². The number of hydrogen-bond acceptors (Lipinski definition) is 4. The van der Waals surface area contributed by atoms with Crippen LogP contribution in [0.25, 0.3) is 0 Å². The van der Waals surface area contributed by atoms with Crippen molar-refractivity contribution in [1.29, 1.82) is 0 Å². The van der Waals surface area contributed by atoms with E-state index in [2.05, 4.69) is 15.6 Å². The molecular formula is C16H28IN3O3. The minimum atomic E-state index is 0. The molecule has 1 aromatic rings. The maximum Gasteiger partial charge on any atom is 0.195 e. The van der Waals surface area contributed by atoms with E-state index in [1.54, 1.807) is 21.3 Å². The van der Waals surface area contributed by atoms with Gasteiger partial charge in [-0.2, -0.15) is 0 Å². The van der Waals surface area contributed by atoms with Crippen LogP contribution >= 0.6 is 24.0 Å². The van der Waals surface area contributed by atoms with Gasteiger partial charge in [0.25, 0.3) is 0 Å². The normalized spacial score (nSPS) is 10.7. The molecule has 0 saturated carbocycles. The molecule has 0 fully saturated rings. The van der Waals surface area contributed by atoms with E-state index in [0.717, 1.165) is 44.2 Å². The second-order valence-electron chi connectivity index (χ2n) is 4.60. The van der Waals surface area contributed by atoms with Gasteiger partial charge in [0.15, 0.2) is 17.5 Å². The molecule has 1 rings (SSSR count). The van der Waals surface area contributed by atoms with Crippen molar-refractivity contribution < 1.29 is 14.2 Å². The zero-order valence-corrected chi connectivity index (χ0v) is 16.7. The summed E-state index contributed by atoms with van der Waals surface area (Å²) in [5.74, 6) is 2.11. The summed E-state index contributed by atoms with van der Waals surface area (Å²) in [6.07, 6.45) is 2.07. The number of unbranched alkanes of at least 4 members (excludes halogenated alkanes) is 1. The quantitative estimate of drug-likeness (QED) is 0.269. The molecule has 0 unspecified atom stereocenters. The lowest BCUT2D eigenvalue weighted by Gasteiger charge is -2.14. The van der Waals surface area contributed by atoms with Crippen LogP contribution in [0.5, 0.6) is 11.5 Å². The van der Waals surface area contributed by atoms with Gasteiger partial charge in [0.2, 0.25) is 0 Å². The number of guanidine groups is 1. The number of nitrogens with one attached hydrogen (secondary N) is 2. The van der Waals surface area contributed by atoms with Crippen molar-refractivity contribution in [1.82, 2.24) is 5.32 Å². The second kappa shape index (κ2) is 13.2. The summed E-state index contributed by atoms with van der Waals surface area (Å²) in [4.78, 5) is 4.21. The predicted molar refractivity (Wildman–Crippen MR) is 106 cm³/mol. The minimum absolute atomic E-state index is 0. The lowest BCUT2D eigenvalue weighted by atomic mass is 10.2. The molecule has 0 aliphatic rings. The third-order valence-electron chi connectivity index (χ3n) is 3.08. The number of aliphatic imine (C=N–C) groups is 1. The molecule has 0 spiro atoms. The van der Waals surface area contributed by atoms with Crippen molar-refractivity contribution in [3.8, 4) is 11.5 Å². The molecule has 7 heteroatoms. The third kappa shape index (κ3) is 8.26. The first-order valence-electron chi connectivity index (χ1n) is 7.52. The topological polar surface area (TPSA) is 64.1 Å². The summed E-state index contributed by atoms with van der Waals surface area (Å²) >= 11 is 0. The van der Waals surface area contributed by atoms with Gasteiger partial charge in [-0.15, -0.1) is 24.0 Å². The second-order valence-corrected chi connectivity index (χ2v) is 4.60. The molecule has 0 aromatic heterocycles. The molecule has 2 N–H and O–H groups in total. The fourth-order valence-electron chi connectivity index (χ4n) is 1.91. The van der Waals surface area contributed by atoms with Crippen LogP contribution in [0, 0.1) is 0 Å². The number of hydrogen-bond donors (Lipinski definition) is 2. The lowest BCUT2D eigenvalue weighted by Crippen LogP contribution is -2.31. The van der Waals surface area contributed by atoms with Crippen LogP contribution in [-0.2, 0) is 4.74 Å². The Morgan fingerprint density at radius 3 is 2.48 bits per heavy atom. The molecular weight excluding hydrogens is 409 g/mol. The van der Waals surface area contributed by atoms with E-state index in [4.69, 9.17) is 14.2 Å². The number of halogens is 1. The molecule has 0 atom stereocenters. The molecule has 0 bridgehead atoms. The molecule has 1 aromatic carbocycles. The average Bonchev–Trinajstić information content (AvgIpc) is 2.56. The highest BCUT2D eigenvalue weighted by Crippen LogP contribution is 2.29. The van der Waals surface area contributed by atoms with Gasteiger partial charge in [-0.05, 0) is 31.9 Å². The predicted octanol–water partition coefficient (Wildman–Crippen LogP) is 3.13. The molecule has 6 nitrogen and oxygen atoms in total. The SMILES string of the molecule is CCOCCCCNC(=NC)Nc1ccc(OC)c(OC)c1.I. The largest absolute Gasteiger partial charge is 0.493 e. The summed E-state index contributed by atoms with van der Waals surface area (Å²) in [7, 11) is 4.98. The van der Waals surface area contributed by atoms with Crippen LogP contribution in [0.15, 0.2) is 23.2 Å². The van der Waals surface area contributed by atoms with E-state index in [9.17, 15) is 0 Å². The van der Waals surface area contributed by atoms with Gasteiger partial charge in [0.05, 0.1) is 14.2 Å². The first-order valence-corrected chi connectivity index (χ1v) is 7.52. The molecule has 0 aliphatic heterocycles. The smallest absolute Gasteiger partial charge is 0.195 e. The van der Waals surface area contributed by atoms with Crippen LogP contribution in [0.3, 0.4) is 0 Å². The number of anilines is 1. The molecule has 0 aliphatic carbocycles. The van der Waals surface area contributed by atoms with Crippen molar-refractivity contribution in [2.45, 2.75) is 19.8 Å². The van der Waals surface area contributed by atoms with E-state index in [1.807, 2.05) is 25.1 Å². The summed E-state index contributed by atoms with van der Waals surface area (Å²) in [5, 5.41) is 6.50. The van der Waals surface area contributed by atoms with E-state index in [0.29, 0.717) is 11.5 Å². The first-order chi connectivity index (χ1) is 10.7. The van der Waals surface area contributed by atoms with E-state index >= 15 is 0 Å². The highest BCUT2D eigenvalue weighted by atomic mass is 127. The Kier molecular flexibility index (Phi) is 12.5. The van der Waals surface area contributed by atoms with Crippen molar-refractivity contribution in [2.24, 2.45) is 4.99 Å². The van der Waals surface area contributed by atoms with E-state index in [1.165, 1.54) is 0 Å². The Bertz CT molecular complexity index is 470. The van der Waals surface area contributed by atoms with Crippen LogP contribution < -0.4 is 20.1 Å². The number of rotatable bonds is 9. The Morgan fingerprint density at radius 1 is 1.13 bits per heavy atom. The number of nitrogens with zero attached hydrogens (tertiary/aromatic N) is 1. The van der Waals surface area contributed by atoms with Crippen molar-refractivity contribution >= 4 is 35.6 Å². The average molecular weight is 437 g/mol. The fourth-order valence-corrected chi connectivity index (χ4v) is 1.91. The Morgan fingerprint density at radius 2 is 1.87 bits per heavy atom. The van der Waals surface area contributed by atoms with Crippen LogP contribution in [0.2, 0.25) is 0 Å². The zero-order chi connectivity index (χ0) is 16.2. The van der Waals surface area contributed by atoms with Crippen molar-refractivity contribution in [3.05, 3.63) is 18.2 Å². The molecule has 0 saturated heterocycles. The summed E-state index contributed by atoms with van der Waals surface area (Å²) in [5.41, 5.74) is 0.889. The molecule has 0 amide bonds.